The number of hydrogen-bond acceptors (Lipinski definition) is 3. The average Bonchev–Trinajstić information content (AvgIpc) is 2.09. The van der Waals surface area contributed by atoms with Crippen LogP contribution in [0.1, 0.15) is 26.2 Å². The van der Waals surface area contributed by atoms with E-state index in [1.54, 1.807) is 12.2 Å². The highest BCUT2D eigenvalue weighted by Crippen LogP contribution is 1.91. The van der Waals surface area contributed by atoms with Crippen molar-refractivity contribution in [1.29, 1.82) is 0 Å². The van der Waals surface area contributed by atoms with Crippen molar-refractivity contribution >= 4 is 5.97 Å². The Morgan fingerprint density at radius 3 is 2.83 bits per heavy atom. The van der Waals surface area contributed by atoms with Crippen LogP contribution in [-0.4, -0.2) is 24.3 Å². The monoisotopic (exact) mass is 172 g/mol. The maximum Gasteiger partial charge on any atom is 0.309 e. The minimum atomic E-state index is -0.203. The van der Waals surface area contributed by atoms with Crippen molar-refractivity contribution in [2.75, 3.05) is 13.2 Å². The van der Waals surface area contributed by atoms with E-state index in [9.17, 15) is 4.79 Å². The second-order valence-electron chi connectivity index (χ2n) is 2.41. The molecule has 0 heterocycles. The molecular formula is C9H16O3. The lowest BCUT2D eigenvalue weighted by molar-refractivity contribution is -0.142. The molecule has 0 aliphatic heterocycles. The highest BCUT2D eigenvalue weighted by Gasteiger charge is 1.96. The maximum atomic E-state index is 10.8. The number of carbonyl (C=O) groups excluding carboxylic acids is 1. The first-order valence-electron chi connectivity index (χ1n) is 4.22. The van der Waals surface area contributed by atoms with E-state index in [4.69, 9.17) is 9.84 Å². The van der Waals surface area contributed by atoms with E-state index in [-0.39, 0.29) is 12.6 Å². The van der Waals surface area contributed by atoms with Crippen LogP contribution in [0.25, 0.3) is 0 Å². The molecule has 0 spiro atoms. The number of carbonyl (C=O) groups is 1. The summed E-state index contributed by atoms with van der Waals surface area (Å²) in [6.07, 6.45) is 5.24. The Morgan fingerprint density at radius 1 is 1.50 bits per heavy atom. The van der Waals surface area contributed by atoms with Crippen molar-refractivity contribution in [3.63, 3.8) is 0 Å². The zero-order valence-electron chi connectivity index (χ0n) is 7.45. The first-order valence-corrected chi connectivity index (χ1v) is 4.22. The Balaban J connectivity index is 3.30. The van der Waals surface area contributed by atoms with Gasteiger partial charge in [0, 0.05) is 6.61 Å². The third kappa shape index (κ3) is 7.28. The largest absolute Gasteiger partial charge is 0.465 e. The van der Waals surface area contributed by atoms with Gasteiger partial charge in [0.05, 0.1) is 13.0 Å². The Morgan fingerprint density at radius 2 is 2.25 bits per heavy atom. The zero-order valence-corrected chi connectivity index (χ0v) is 7.45. The minimum absolute atomic E-state index is 0.126. The van der Waals surface area contributed by atoms with Crippen LogP contribution in [0, 0.1) is 0 Å². The molecule has 0 atom stereocenters. The second kappa shape index (κ2) is 8.27. The fourth-order valence-electron chi connectivity index (χ4n) is 0.647. The number of aliphatic hydroxyl groups is 1. The molecule has 0 aromatic heterocycles. The summed E-state index contributed by atoms with van der Waals surface area (Å²) in [6.45, 7) is 2.57. The first kappa shape index (κ1) is 11.2. The molecule has 1 N–H and O–H groups in total. The van der Waals surface area contributed by atoms with Crippen molar-refractivity contribution in [3.05, 3.63) is 12.2 Å². The molecule has 0 bridgehead atoms. The molecule has 0 aliphatic rings. The van der Waals surface area contributed by atoms with Crippen LogP contribution in [0.5, 0.6) is 0 Å². The van der Waals surface area contributed by atoms with Crippen molar-refractivity contribution in [2.45, 2.75) is 26.2 Å². The summed E-state index contributed by atoms with van der Waals surface area (Å²) in [4.78, 5) is 10.8. The first-order chi connectivity index (χ1) is 5.81. The van der Waals surface area contributed by atoms with Crippen LogP contribution in [0.3, 0.4) is 0 Å². The van der Waals surface area contributed by atoms with E-state index in [1.807, 2.05) is 6.92 Å². The third-order valence-corrected chi connectivity index (χ3v) is 1.21. The zero-order chi connectivity index (χ0) is 9.23. The Labute approximate surface area is 73.0 Å². The molecule has 3 nitrogen and oxygen atoms in total. The molecule has 0 radical (unpaired) electrons. The second-order valence-corrected chi connectivity index (χ2v) is 2.41. The number of hydrogen-bond donors (Lipinski definition) is 1. The summed E-state index contributed by atoms with van der Waals surface area (Å²) < 4.78 is 4.82. The Hall–Kier alpha value is -0.830. The smallest absolute Gasteiger partial charge is 0.309 e. The van der Waals surface area contributed by atoms with Gasteiger partial charge in [0.25, 0.3) is 0 Å². The lowest BCUT2D eigenvalue weighted by atomic mass is 10.3. The number of aliphatic hydroxyl groups excluding tert-OH is 1. The summed E-state index contributed by atoms with van der Waals surface area (Å²) in [5, 5.41) is 8.41. The maximum absolute atomic E-state index is 10.8. The molecule has 0 saturated carbocycles. The molecule has 0 aromatic carbocycles. The summed E-state index contributed by atoms with van der Waals surface area (Å²) >= 11 is 0. The molecule has 0 aliphatic carbocycles. The average molecular weight is 172 g/mol. The summed E-state index contributed by atoms with van der Waals surface area (Å²) in [5.41, 5.74) is 0. The van der Waals surface area contributed by atoms with Gasteiger partial charge >= 0.3 is 5.97 Å². The van der Waals surface area contributed by atoms with Gasteiger partial charge in [0.2, 0.25) is 0 Å². The third-order valence-electron chi connectivity index (χ3n) is 1.21. The standard InChI is InChI=1S/C9H16O3/c1-2-8-12-9(11)6-4-3-5-7-10/h3-4,10H,2,5-8H2,1H3. The fourth-order valence-corrected chi connectivity index (χ4v) is 0.647. The van der Waals surface area contributed by atoms with E-state index in [1.165, 1.54) is 0 Å². The molecule has 0 amide bonds. The van der Waals surface area contributed by atoms with E-state index in [0.29, 0.717) is 19.4 Å². The van der Waals surface area contributed by atoms with Gasteiger partial charge < -0.3 is 9.84 Å². The lowest BCUT2D eigenvalue weighted by Crippen LogP contribution is -2.03. The minimum Gasteiger partial charge on any atom is -0.465 e. The highest BCUT2D eigenvalue weighted by molar-refractivity contribution is 5.71. The molecule has 12 heavy (non-hydrogen) atoms. The van der Waals surface area contributed by atoms with E-state index < -0.39 is 0 Å². The van der Waals surface area contributed by atoms with Crippen molar-refractivity contribution in [1.82, 2.24) is 0 Å². The van der Waals surface area contributed by atoms with Gasteiger partial charge in [-0.3, -0.25) is 4.79 Å². The predicted molar refractivity (Wildman–Crippen MR) is 46.7 cm³/mol. The lowest BCUT2D eigenvalue weighted by Gasteiger charge is -1.98. The molecule has 3 heteroatoms. The van der Waals surface area contributed by atoms with Gasteiger partial charge in [-0.1, -0.05) is 19.1 Å². The molecular weight excluding hydrogens is 156 g/mol. The van der Waals surface area contributed by atoms with Gasteiger partial charge in [0.1, 0.15) is 0 Å². The van der Waals surface area contributed by atoms with Gasteiger partial charge in [-0.15, -0.1) is 0 Å². The molecule has 0 aromatic rings. The molecule has 0 fully saturated rings. The Bertz CT molecular complexity index is 141. The number of ether oxygens (including phenoxy) is 1. The fraction of sp³-hybridized carbons (Fsp3) is 0.667. The van der Waals surface area contributed by atoms with Gasteiger partial charge in [-0.2, -0.15) is 0 Å². The van der Waals surface area contributed by atoms with Gasteiger partial charge in [0.15, 0.2) is 0 Å². The van der Waals surface area contributed by atoms with Crippen LogP contribution < -0.4 is 0 Å². The van der Waals surface area contributed by atoms with Crippen LogP contribution in [0.4, 0.5) is 0 Å². The number of rotatable bonds is 6. The SMILES string of the molecule is CCCOC(=O)CC=CCCO. The van der Waals surface area contributed by atoms with E-state index >= 15 is 0 Å². The summed E-state index contributed by atoms with van der Waals surface area (Å²) in [7, 11) is 0. The summed E-state index contributed by atoms with van der Waals surface area (Å²) in [6, 6.07) is 0. The van der Waals surface area contributed by atoms with E-state index in [2.05, 4.69) is 0 Å². The van der Waals surface area contributed by atoms with Crippen LogP contribution >= 0.6 is 0 Å². The van der Waals surface area contributed by atoms with Crippen LogP contribution in [0.2, 0.25) is 0 Å². The molecule has 0 unspecified atom stereocenters. The molecule has 70 valence electrons. The van der Waals surface area contributed by atoms with Crippen molar-refractivity contribution < 1.29 is 14.6 Å². The number of esters is 1. The van der Waals surface area contributed by atoms with Crippen molar-refractivity contribution in [3.8, 4) is 0 Å². The Kier molecular flexibility index (Phi) is 7.70. The van der Waals surface area contributed by atoms with Crippen LogP contribution in [-0.2, 0) is 9.53 Å². The summed E-state index contributed by atoms with van der Waals surface area (Å²) in [5.74, 6) is -0.203. The molecule has 0 rings (SSSR count). The van der Waals surface area contributed by atoms with Gasteiger partial charge in [-0.25, -0.2) is 0 Å². The molecule has 0 saturated heterocycles. The highest BCUT2D eigenvalue weighted by atomic mass is 16.5. The topological polar surface area (TPSA) is 46.5 Å². The normalized spacial score (nSPS) is 10.5. The van der Waals surface area contributed by atoms with E-state index in [0.717, 1.165) is 6.42 Å². The van der Waals surface area contributed by atoms with Gasteiger partial charge in [-0.05, 0) is 12.8 Å². The van der Waals surface area contributed by atoms with Crippen molar-refractivity contribution in [2.24, 2.45) is 0 Å². The predicted octanol–water partition coefficient (Wildman–Crippen LogP) is 1.27. The quantitative estimate of drug-likeness (QED) is 0.484. The van der Waals surface area contributed by atoms with Crippen LogP contribution in [0.15, 0.2) is 12.2 Å².